The number of thioether (sulfide) groups is 2. The van der Waals surface area contributed by atoms with Gasteiger partial charge in [0.1, 0.15) is 35.8 Å². The molecule has 7 N–H and O–H groups in total. The van der Waals surface area contributed by atoms with Gasteiger partial charge in [-0.25, -0.2) is 9.78 Å². The molecule has 1 fully saturated rings. The summed E-state index contributed by atoms with van der Waals surface area (Å²) in [7, 11) is 1.15. The number of nitrogen functional groups attached to an aromatic ring is 1. The lowest BCUT2D eigenvalue weighted by Crippen LogP contribution is -2.71. The van der Waals surface area contributed by atoms with Crippen LogP contribution in [0.25, 0.3) is 0 Å². The normalized spacial score (nSPS) is 20.8. The molecular weight excluding hydrogens is 485 g/mol. The van der Waals surface area contributed by atoms with Crippen molar-refractivity contribution in [3.05, 3.63) is 32.9 Å². The number of halogens is 1. The summed E-state index contributed by atoms with van der Waals surface area (Å²) in [5.74, 6) is -2.86. The molecule has 170 valence electrons. The van der Waals surface area contributed by atoms with E-state index >= 15 is 0 Å². The van der Waals surface area contributed by atoms with Crippen LogP contribution in [0.1, 0.15) is 5.69 Å². The van der Waals surface area contributed by atoms with E-state index in [1.54, 1.807) is 0 Å². The molecule has 1 saturated heterocycles. The average Bonchev–Trinajstić information content (AvgIpc) is 3.06. The van der Waals surface area contributed by atoms with Crippen molar-refractivity contribution in [3.8, 4) is 0 Å². The molecule has 2 atom stereocenters. The molecule has 0 saturated carbocycles. The molecule has 0 radical (unpaired) electrons. The van der Waals surface area contributed by atoms with E-state index in [1.807, 2.05) is 0 Å². The number of amides is 2. The molecule has 1 aromatic heterocycles. The highest BCUT2D eigenvalue weighted by molar-refractivity contribution is 8.08. The van der Waals surface area contributed by atoms with Gasteiger partial charge < -0.3 is 26.7 Å². The molecule has 2 amide bonds. The quantitative estimate of drug-likeness (QED) is 0.141. The lowest BCUT2D eigenvalue weighted by atomic mass is 10.0. The Morgan fingerprint density at radius 3 is 2.81 bits per heavy atom. The van der Waals surface area contributed by atoms with Crippen LogP contribution < -0.4 is 16.8 Å². The number of rotatable bonds is 8. The van der Waals surface area contributed by atoms with E-state index in [0.29, 0.717) is 16.2 Å². The number of carbonyl (C=O) groups is 3. The number of nitrogens with two attached hydrogens (primary N) is 2. The van der Waals surface area contributed by atoms with Crippen molar-refractivity contribution in [2.75, 3.05) is 18.6 Å². The lowest BCUT2D eigenvalue weighted by molar-refractivity contribution is -0.150. The number of carboxylic acids is 1. The maximum absolute atomic E-state index is 14.0. The predicted molar refractivity (Wildman–Crippen MR) is 118 cm³/mol. The molecule has 0 spiro atoms. The Morgan fingerprint density at radius 1 is 1.53 bits per heavy atom. The number of hydrogen-bond acceptors (Lipinski definition) is 11. The van der Waals surface area contributed by atoms with Crippen LogP contribution in [-0.2, 0) is 19.2 Å². The first-order valence-corrected chi connectivity index (χ1v) is 11.3. The Kier molecular flexibility index (Phi) is 7.05. The van der Waals surface area contributed by atoms with Gasteiger partial charge in [-0.3, -0.25) is 19.9 Å². The third-order valence-electron chi connectivity index (χ3n) is 4.10. The summed E-state index contributed by atoms with van der Waals surface area (Å²) in [6, 6.07) is -1.07. The van der Waals surface area contributed by atoms with Crippen LogP contribution >= 0.6 is 34.9 Å². The topological polar surface area (TPSA) is 197 Å². The lowest BCUT2D eigenvalue weighted by Gasteiger charge is -2.49. The molecule has 32 heavy (non-hydrogen) atoms. The largest absolute Gasteiger partial charge is 0.477 e. The minimum atomic E-state index is -1.31. The molecule has 0 bridgehead atoms. The number of aliphatic carboxylic acids is 1. The Bertz CT molecular complexity index is 1090. The third-order valence-corrected chi connectivity index (χ3v) is 7.13. The molecule has 12 nitrogen and oxygen atoms in total. The van der Waals surface area contributed by atoms with Crippen LogP contribution in [0.5, 0.6) is 0 Å². The number of anilines is 1. The Hall–Kier alpha value is -3.11. The summed E-state index contributed by atoms with van der Waals surface area (Å²) < 4.78 is 14.0. The second kappa shape index (κ2) is 9.58. The van der Waals surface area contributed by atoms with Gasteiger partial charge >= 0.3 is 5.97 Å². The van der Waals surface area contributed by atoms with Gasteiger partial charge in [0, 0.05) is 10.7 Å². The van der Waals surface area contributed by atoms with E-state index in [2.05, 4.69) is 20.3 Å². The summed E-state index contributed by atoms with van der Waals surface area (Å²) in [6.45, 7) is 0. The number of nitrogens with one attached hydrogen (secondary N) is 2. The van der Waals surface area contributed by atoms with Crippen LogP contribution in [0.2, 0.25) is 0 Å². The van der Waals surface area contributed by atoms with Gasteiger partial charge in [-0.15, -0.1) is 11.8 Å². The second-order valence-corrected chi connectivity index (χ2v) is 9.20. The first-order chi connectivity index (χ1) is 15.1. The zero-order valence-electron chi connectivity index (χ0n) is 16.2. The highest BCUT2D eigenvalue weighted by Gasteiger charge is 2.54. The number of oxime groups is 1. The van der Waals surface area contributed by atoms with Crippen molar-refractivity contribution in [2.24, 2.45) is 10.9 Å². The molecule has 2 aliphatic rings. The summed E-state index contributed by atoms with van der Waals surface area (Å²) in [4.78, 5) is 46.9. The molecule has 3 heterocycles. The number of β-lactam (4-membered cyclic amide) rings is 1. The highest BCUT2D eigenvalue weighted by atomic mass is 32.2. The fourth-order valence-corrected chi connectivity index (χ4v) is 5.73. The molecule has 3 rings (SSSR count). The molecule has 0 aliphatic carbocycles. The average molecular weight is 502 g/mol. The van der Waals surface area contributed by atoms with Gasteiger partial charge in [-0.05, 0) is 11.5 Å². The molecule has 16 heteroatoms. The van der Waals surface area contributed by atoms with Crippen LogP contribution in [-0.4, -0.2) is 68.6 Å². The summed E-state index contributed by atoms with van der Waals surface area (Å²) in [5, 5.41) is 22.5. The van der Waals surface area contributed by atoms with Gasteiger partial charge in [0.15, 0.2) is 10.8 Å². The Morgan fingerprint density at radius 2 is 2.25 bits per heavy atom. The maximum Gasteiger partial charge on any atom is 0.353 e. The van der Waals surface area contributed by atoms with Crippen LogP contribution in [0.15, 0.2) is 27.2 Å². The predicted octanol–water partition coefficient (Wildman–Crippen LogP) is 0.0939. The number of amidine groups is 1. The zero-order chi connectivity index (χ0) is 23.6. The van der Waals surface area contributed by atoms with E-state index in [4.69, 9.17) is 16.9 Å². The third kappa shape index (κ3) is 4.56. The number of carbonyl (C=O) groups excluding carboxylic acids is 2. The molecular formula is C16H16FN7O5S3. The van der Waals surface area contributed by atoms with Crippen LogP contribution in [0.3, 0.4) is 0 Å². The molecule has 0 aromatic carbocycles. The number of fused-ring (bicyclic) bond motifs is 1. The van der Waals surface area contributed by atoms with E-state index in [9.17, 15) is 23.9 Å². The fraction of sp³-hybridized carbons (Fsp3) is 0.250. The van der Waals surface area contributed by atoms with Gasteiger partial charge in [-0.2, -0.15) is 4.39 Å². The van der Waals surface area contributed by atoms with Crippen molar-refractivity contribution in [1.29, 1.82) is 5.41 Å². The van der Waals surface area contributed by atoms with E-state index in [-0.39, 0.29) is 22.4 Å². The van der Waals surface area contributed by atoms with E-state index < -0.39 is 45.7 Å². The highest BCUT2D eigenvalue weighted by Crippen LogP contribution is 2.43. The van der Waals surface area contributed by atoms with E-state index in [0.717, 1.165) is 23.8 Å². The van der Waals surface area contributed by atoms with Crippen LogP contribution in [0.4, 0.5) is 9.52 Å². The first kappa shape index (κ1) is 23.6. The van der Waals surface area contributed by atoms with Gasteiger partial charge in [0.2, 0.25) is 5.13 Å². The molecule has 1 aromatic rings. The van der Waals surface area contributed by atoms with Crippen molar-refractivity contribution in [2.45, 2.75) is 11.4 Å². The summed E-state index contributed by atoms with van der Waals surface area (Å²) >= 11 is 2.78. The minimum absolute atomic E-state index is 0.122. The smallest absolute Gasteiger partial charge is 0.353 e. The Labute approximate surface area is 192 Å². The maximum atomic E-state index is 14.0. The van der Waals surface area contributed by atoms with Gasteiger partial charge in [0.05, 0.1) is 0 Å². The summed E-state index contributed by atoms with van der Waals surface area (Å²) in [6.07, 6.45) is 1.29. The van der Waals surface area contributed by atoms with Crippen molar-refractivity contribution < 1.29 is 28.7 Å². The molecule has 2 aliphatic heterocycles. The summed E-state index contributed by atoms with van der Waals surface area (Å²) in [5.41, 5.74) is 9.55. The standard InChI is InChI=1S/C16H16FN7O5S3/c1-29-23-8(7-11(17)32-16(20)22-7)12(25)21-9-13(26)24-10(15(27)28)5(4-31-14(9)24)30-3-2-6(18)19/h2-3,9,14H,4H2,1H3,(H3,18,19)(H2,20,22)(H,21,25)(H,27,28)/b3-2+,23-8-/t9?,14-/m1/s1. The van der Waals surface area contributed by atoms with E-state index in [1.165, 1.54) is 23.2 Å². The van der Waals surface area contributed by atoms with Gasteiger partial charge in [0.25, 0.3) is 11.8 Å². The van der Waals surface area contributed by atoms with Gasteiger partial charge in [-0.1, -0.05) is 28.3 Å². The van der Waals surface area contributed by atoms with Crippen molar-refractivity contribution in [1.82, 2.24) is 15.2 Å². The number of thiazole rings is 1. The number of aromatic nitrogens is 1. The molecule has 1 unspecified atom stereocenters. The monoisotopic (exact) mass is 501 g/mol. The Balaban J connectivity index is 1.79. The number of carboxylic acid groups (broad SMARTS) is 1. The van der Waals surface area contributed by atoms with Crippen LogP contribution in [0, 0.1) is 10.5 Å². The minimum Gasteiger partial charge on any atom is -0.477 e. The van der Waals surface area contributed by atoms with Crippen molar-refractivity contribution in [3.63, 3.8) is 0 Å². The fourth-order valence-electron chi connectivity index (χ4n) is 2.83. The second-order valence-electron chi connectivity index (χ2n) is 6.11. The SMILES string of the molecule is CO/N=C(\C(=O)NC1C(=O)N2C(C(=O)O)=C(S/C=C/C(=N)N)CS[C@H]12)c1nc(N)sc1F. The first-order valence-electron chi connectivity index (χ1n) is 8.58. The van der Waals surface area contributed by atoms with Crippen molar-refractivity contribution >= 4 is 69.3 Å². The number of hydrogen-bond donors (Lipinski definition) is 5. The zero-order valence-corrected chi connectivity index (χ0v) is 18.6. The number of nitrogens with zero attached hydrogens (tertiary/aromatic N) is 3.